The predicted molar refractivity (Wildman–Crippen MR) is 144 cm³/mol. The fourth-order valence-electron chi connectivity index (χ4n) is 4.77. The number of pyridine rings is 1. The molecule has 0 radical (unpaired) electrons. The van der Waals surface area contributed by atoms with E-state index in [1.165, 1.54) is 76.6 Å². The number of aromatic nitrogens is 10. The minimum atomic E-state index is -2.96. The second kappa shape index (κ2) is 11.8. The third kappa shape index (κ3) is 5.46. The normalized spacial score (nSPS) is 12.4. The first kappa shape index (κ1) is 28.9. The van der Waals surface area contributed by atoms with Gasteiger partial charge in [0, 0.05) is 29.8 Å². The zero-order valence-electron chi connectivity index (χ0n) is 22.1. The molecule has 0 fully saturated rings. The number of halogens is 6. The van der Waals surface area contributed by atoms with Crippen molar-refractivity contribution in [3.63, 3.8) is 0 Å². The van der Waals surface area contributed by atoms with Gasteiger partial charge in [0.25, 0.3) is 6.43 Å². The number of nitrogens with zero attached hydrogens (tertiary/aromatic N) is 10. The first-order valence-corrected chi connectivity index (χ1v) is 13.1. The van der Waals surface area contributed by atoms with E-state index in [4.69, 9.17) is 11.6 Å². The second-order valence-corrected chi connectivity index (χ2v) is 9.90. The van der Waals surface area contributed by atoms with E-state index in [1.807, 2.05) is 0 Å². The molecule has 0 amide bonds. The lowest BCUT2D eigenvalue weighted by molar-refractivity contribution is -0.615. The van der Waals surface area contributed by atoms with Gasteiger partial charge in [-0.15, -0.1) is 10.2 Å². The number of tetrazole rings is 1. The molecule has 1 atom stereocenters. The van der Waals surface area contributed by atoms with Crippen molar-refractivity contribution in [1.29, 1.82) is 0 Å². The van der Waals surface area contributed by atoms with Gasteiger partial charge in [-0.05, 0) is 34.2 Å². The smallest absolute Gasteiger partial charge is 0.335 e. The van der Waals surface area contributed by atoms with E-state index < -0.39 is 24.8 Å². The molecule has 0 aliphatic rings. The highest BCUT2D eigenvalue weighted by Gasteiger charge is 2.27. The lowest BCUT2D eigenvalue weighted by atomic mass is 9.99. The minimum Gasteiger partial charge on any atom is -0.618 e. The molecular weight excluding hydrogens is 611 g/mol. The molecular formula is C27H18ClF5N10O. The van der Waals surface area contributed by atoms with Crippen LogP contribution in [0.15, 0.2) is 79.6 Å². The largest absolute Gasteiger partial charge is 0.618 e. The summed E-state index contributed by atoms with van der Waals surface area (Å²) in [5, 5.41) is 35.6. The third-order valence-corrected chi connectivity index (χ3v) is 7.17. The average Bonchev–Trinajstić information content (AvgIpc) is 3.80. The molecule has 0 N–H and O–H groups in total. The van der Waals surface area contributed by atoms with Crippen LogP contribution in [-0.2, 0) is 6.42 Å². The quantitative estimate of drug-likeness (QED) is 0.120. The van der Waals surface area contributed by atoms with Gasteiger partial charge in [-0.1, -0.05) is 41.1 Å². The lowest BCUT2D eigenvalue weighted by Gasteiger charge is -2.19. The maximum Gasteiger partial charge on any atom is 0.335 e. The van der Waals surface area contributed by atoms with Gasteiger partial charge in [-0.2, -0.15) is 28.0 Å². The summed E-state index contributed by atoms with van der Waals surface area (Å²) < 4.78 is 72.1. The first-order chi connectivity index (χ1) is 21.2. The molecule has 0 spiro atoms. The summed E-state index contributed by atoms with van der Waals surface area (Å²) in [7, 11) is 0. The monoisotopic (exact) mass is 628 g/mol. The van der Waals surface area contributed by atoms with Gasteiger partial charge < -0.3 is 5.21 Å². The van der Waals surface area contributed by atoms with Crippen LogP contribution in [-0.4, -0.2) is 45.0 Å². The maximum atomic E-state index is 15.3. The molecule has 0 bridgehead atoms. The average molecular weight is 629 g/mol. The summed E-state index contributed by atoms with van der Waals surface area (Å²) in [4.78, 5) is 0. The summed E-state index contributed by atoms with van der Waals surface area (Å²) in [6.45, 7) is -2.96. The molecule has 0 aliphatic carbocycles. The summed E-state index contributed by atoms with van der Waals surface area (Å²) >= 11 is 6.06. The Kier molecular flexibility index (Phi) is 7.73. The van der Waals surface area contributed by atoms with Crippen molar-refractivity contribution < 1.29 is 26.7 Å². The molecule has 6 rings (SSSR count). The Balaban J connectivity index is 1.43. The van der Waals surface area contributed by atoms with E-state index in [0.717, 1.165) is 12.4 Å². The standard InChI is InChI=1S/C27H18ClF5N10O/c28-19-6-8-21(41-14-35-37-39-41)24(25(19)29)17-5-7-20(42(44)13-17)22(9-15-1-3-16(4-2-15)26(30)31)40-12-18(10-36-40)23-11-34-38-43(23)27(32)33/h1-8,10-14,22,26-27H,9H2/t22-/m0/s1. The second-order valence-electron chi connectivity index (χ2n) is 9.49. The van der Waals surface area contributed by atoms with E-state index in [-0.39, 0.29) is 50.8 Å². The number of hydrogen-bond donors (Lipinski definition) is 0. The van der Waals surface area contributed by atoms with E-state index >= 15 is 4.39 Å². The number of alkyl halides is 4. The van der Waals surface area contributed by atoms with Crippen LogP contribution in [0.1, 0.15) is 35.8 Å². The number of benzene rings is 2. The van der Waals surface area contributed by atoms with Gasteiger partial charge in [0.2, 0.25) is 5.69 Å². The summed E-state index contributed by atoms with van der Waals surface area (Å²) in [6, 6.07) is 10.5. The Labute approximate surface area is 249 Å². The molecule has 17 heteroatoms. The molecule has 4 heterocycles. The Bertz CT molecular complexity index is 1910. The van der Waals surface area contributed by atoms with Gasteiger partial charge in [-0.3, -0.25) is 4.68 Å². The van der Waals surface area contributed by atoms with Crippen molar-refractivity contribution in [2.45, 2.75) is 25.4 Å². The highest BCUT2D eigenvalue weighted by Crippen LogP contribution is 2.34. The van der Waals surface area contributed by atoms with Crippen molar-refractivity contribution in [2.75, 3.05) is 0 Å². The molecule has 2 aromatic carbocycles. The van der Waals surface area contributed by atoms with Gasteiger partial charge in [0.1, 0.15) is 12.4 Å². The SMILES string of the molecule is [O-][n+]1cc(-c2c(-n3cnnn3)ccc(Cl)c2F)ccc1[C@H](Cc1ccc(C(F)F)cc1)n1cc(-c2cnnn2C(F)F)cn1. The molecule has 0 aliphatic heterocycles. The topological polar surface area (TPSA) is 119 Å². The molecule has 44 heavy (non-hydrogen) atoms. The van der Waals surface area contributed by atoms with Gasteiger partial charge in [0.15, 0.2) is 12.0 Å². The fourth-order valence-corrected chi connectivity index (χ4v) is 4.92. The van der Waals surface area contributed by atoms with Crippen molar-refractivity contribution in [3.8, 4) is 28.1 Å². The van der Waals surface area contributed by atoms with Crippen LogP contribution >= 0.6 is 11.6 Å². The van der Waals surface area contributed by atoms with E-state index in [0.29, 0.717) is 15.0 Å². The Morgan fingerprint density at radius 2 is 1.70 bits per heavy atom. The third-order valence-electron chi connectivity index (χ3n) is 6.88. The zero-order chi connectivity index (χ0) is 31.0. The number of rotatable bonds is 9. The Morgan fingerprint density at radius 1 is 0.909 bits per heavy atom. The van der Waals surface area contributed by atoms with Crippen LogP contribution in [0.5, 0.6) is 0 Å². The Hall–Kier alpha value is -5.25. The molecule has 0 saturated heterocycles. The highest BCUT2D eigenvalue weighted by atomic mass is 35.5. The molecule has 0 unspecified atom stereocenters. The first-order valence-electron chi connectivity index (χ1n) is 12.8. The van der Waals surface area contributed by atoms with Crippen molar-refractivity contribution in [1.82, 2.24) is 45.0 Å². The Morgan fingerprint density at radius 3 is 2.39 bits per heavy atom. The molecule has 0 saturated carbocycles. The fraction of sp³-hybridized carbons (Fsp3) is 0.148. The van der Waals surface area contributed by atoms with Gasteiger partial charge in [-0.25, -0.2) is 13.2 Å². The summed E-state index contributed by atoms with van der Waals surface area (Å²) in [5.41, 5.74) is 1.12. The molecule has 224 valence electrons. The van der Waals surface area contributed by atoms with Crippen molar-refractivity contribution in [3.05, 3.63) is 113 Å². The molecule has 11 nitrogen and oxygen atoms in total. The van der Waals surface area contributed by atoms with E-state index in [2.05, 4.69) is 30.9 Å². The van der Waals surface area contributed by atoms with Gasteiger partial charge >= 0.3 is 6.55 Å². The molecule has 4 aromatic heterocycles. The van der Waals surface area contributed by atoms with E-state index in [1.54, 1.807) is 0 Å². The van der Waals surface area contributed by atoms with Crippen LogP contribution in [0.25, 0.3) is 28.1 Å². The van der Waals surface area contributed by atoms with Crippen LogP contribution in [0, 0.1) is 11.0 Å². The van der Waals surface area contributed by atoms with Crippen LogP contribution < -0.4 is 4.73 Å². The highest BCUT2D eigenvalue weighted by molar-refractivity contribution is 6.31. The van der Waals surface area contributed by atoms with Crippen LogP contribution in [0.3, 0.4) is 0 Å². The van der Waals surface area contributed by atoms with Gasteiger partial charge in [0.05, 0.1) is 39.9 Å². The lowest BCUT2D eigenvalue weighted by Crippen LogP contribution is -2.36. The summed E-state index contributed by atoms with van der Waals surface area (Å²) in [6.07, 6.45) is 3.74. The van der Waals surface area contributed by atoms with Crippen molar-refractivity contribution >= 4 is 11.6 Å². The van der Waals surface area contributed by atoms with Crippen molar-refractivity contribution in [2.24, 2.45) is 0 Å². The predicted octanol–water partition coefficient (Wildman–Crippen LogP) is 5.38. The van der Waals surface area contributed by atoms with E-state index in [9.17, 15) is 22.8 Å². The zero-order valence-corrected chi connectivity index (χ0v) is 22.8. The summed E-state index contributed by atoms with van der Waals surface area (Å²) in [5.74, 6) is -0.802. The molecule has 6 aromatic rings. The maximum absolute atomic E-state index is 15.3. The van der Waals surface area contributed by atoms with Crippen LogP contribution in [0.2, 0.25) is 5.02 Å². The number of hydrogen-bond acceptors (Lipinski definition) is 7. The minimum absolute atomic E-state index is 0.0109. The van der Waals surface area contributed by atoms with Crippen LogP contribution in [0.4, 0.5) is 22.0 Å².